The molecule has 256 valence electrons. The van der Waals surface area contributed by atoms with Gasteiger partial charge in [-0.1, -0.05) is 62.9 Å². The summed E-state index contributed by atoms with van der Waals surface area (Å²) in [6.45, 7) is 13.9. The largest absolute Gasteiger partial charge is 1.00 e. The zero-order chi connectivity index (χ0) is 34.2. The monoisotopic (exact) mass is 780 g/mol. The molecule has 5 heteroatoms. The molecule has 0 N–H and O–H groups in total. The Labute approximate surface area is 324 Å². The maximum absolute atomic E-state index is 13.0. The summed E-state index contributed by atoms with van der Waals surface area (Å²) >= 11 is 1.13. The summed E-state index contributed by atoms with van der Waals surface area (Å²) in [5.74, 6) is -0.539. The molecule has 0 fully saturated rings. The van der Waals surface area contributed by atoms with Crippen LogP contribution in [0.4, 0.5) is 8.78 Å². The minimum atomic E-state index is -0.270. The van der Waals surface area contributed by atoms with Crippen LogP contribution in [-0.4, -0.2) is 3.21 Å². The molecule has 50 heavy (non-hydrogen) atoms. The molecule has 0 saturated heterocycles. The van der Waals surface area contributed by atoms with Gasteiger partial charge in [0.05, 0.1) is 0 Å². The molecular formula is C45H42Cl2F2Zr-2. The van der Waals surface area contributed by atoms with Gasteiger partial charge >= 0.3 is 108 Å². The number of fused-ring (bicyclic) bond motifs is 5. The van der Waals surface area contributed by atoms with Crippen LogP contribution in [0.3, 0.4) is 0 Å². The summed E-state index contributed by atoms with van der Waals surface area (Å²) in [7, 11) is 0. The first-order valence-electron chi connectivity index (χ1n) is 16.7. The Morgan fingerprint density at radius 2 is 1.18 bits per heavy atom. The SMILES string of the molecule is CC1=C[CH-]C(C)(C)c2cc3c(cc21)-c1cc2c(cc1C3)C(C)(C)CC=C2C.Fc1cccc([C](=[Zr+2])c2cccc(F)c2)c1.[Cl-].[Cl-].c1cc[cH-]c1. The summed E-state index contributed by atoms with van der Waals surface area (Å²) in [6, 6.07) is 32.7. The first-order chi connectivity index (χ1) is 22.8. The van der Waals surface area contributed by atoms with E-state index in [0.717, 1.165) is 51.4 Å². The van der Waals surface area contributed by atoms with E-state index in [9.17, 15) is 8.78 Å². The van der Waals surface area contributed by atoms with Crippen molar-refractivity contribution in [2.45, 2.75) is 65.2 Å². The molecule has 0 aliphatic heterocycles. The summed E-state index contributed by atoms with van der Waals surface area (Å²) in [5, 5.41) is 0. The van der Waals surface area contributed by atoms with Crippen molar-refractivity contribution < 1.29 is 57.8 Å². The van der Waals surface area contributed by atoms with Gasteiger partial charge in [0.15, 0.2) is 0 Å². The summed E-state index contributed by atoms with van der Waals surface area (Å²) < 4.78 is 27.0. The van der Waals surface area contributed by atoms with Crippen LogP contribution in [0, 0.1) is 18.1 Å². The second kappa shape index (κ2) is 16.0. The summed E-state index contributed by atoms with van der Waals surface area (Å²) in [5.41, 5.74) is 16.6. The van der Waals surface area contributed by atoms with Gasteiger partial charge in [0.1, 0.15) is 0 Å². The van der Waals surface area contributed by atoms with E-state index in [1.165, 1.54) is 79.9 Å². The van der Waals surface area contributed by atoms with Crippen LogP contribution in [0.25, 0.3) is 22.3 Å². The van der Waals surface area contributed by atoms with E-state index in [0.29, 0.717) is 0 Å². The second-order valence-electron chi connectivity index (χ2n) is 14.4. The van der Waals surface area contributed by atoms with Gasteiger partial charge < -0.3 is 24.8 Å². The molecule has 5 aromatic carbocycles. The third-order valence-electron chi connectivity index (χ3n) is 9.88. The van der Waals surface area contributed by atoms with Gasteiger partial charge in [0.25, 0.3) is 0 Å². The zero-order valence-corrected chi connectivity index (χ0v) is 33.4. The number of halogens is 4. The molecule has 0 amide bonds. The molecule has 0 nitrogen and oxygen atoms in total. The van der Waals surface area contributed by atoms with Gasteiger partial charge in [-0.25, -0.2) is 24.6 Å². The molecule has 0 aromatic heterocycles. The van der Waals surface area contributed by atoms with Crippen LogP contribution in [0.2, 0.25) is 0 Å². The molecule has 0 spiro atoms. The fourth-order valence-corrected chi connectivity index (χ4v) is 7.71. The average Bonchev–Trinajstić information content (AvgIpc) is 3.76. The van der Waals surface area contributed by atoms with Crippen molar-refractivity contribution in [3.63, 3.8) is 0 Å². The first kappa shape index (κ1) is 39.6. The second-order valence-corrected chi connectivity index (χ2v) is 15.6. The predicted molar refractivity (Wildman–Crippen MR) is 195 cm³/mol. The molecule has 0 unspecified atom stereocenters. The predicted octanol–water partition coefficient (Wildman–Crippen LogP) is 5.74. The Hall–Kier alpha value is -3.23. The minimum absolute atomic E-state index is 0. The van der Waals surface area contributed by atoms with Crippen molar-refractivity contribution in [2.24, 2.45) is 0 Å². The van der Waals surface area contributed by atoms with Crippen LogP contribution >= 0.6 is 0 Å². The van der Waals surface area contributed by atoms with E-state index in [4.69, 9.17) is 0 Å². The molecule has 0 heterocycles. The number of hydrogen-bond acceptors (Lipinski definition) is 0. The van der Waals surface area contributed by atoms with Crippen molar-refractivity contribution in [1.82, 2.24) is 0 Å². The molecule has 3 aliphatic rings. The van der Waals surface area contributed by atoms with E-state index in [1.807, 2.05) is 42.5 Å². The smallest absolute Gasteiger partial charge is 0.172 e. The fraction of sp³-hybridized carbons (Fsp3) is 0.222. The van der Waals surface area contributed by atoms with Crippen LogP contribution in [-0.2, 0) is 41.5 Å². The van der Waals surface area contributed by atoms with Crippen LogP contribution in [0.5, 0.6) is 0 Å². The molecule has 0 saturated carbocycles. The van der Waals surface area contributed by atoms with Crippen molar-refractivity contribution >= 4 is 14.4 Å². The fourth-order valence-electron chi connectivity index (χ4n) is 6.95. The normalized spacial score (nSPS) is 15.2. The van der Waals surface area contributed by atoms with E-state index in [-0.39, 0.29) is 47.3 Å². The number of rotatable bonds is 2. The number of benzene rings is 4. The summed E-state index contributed by atoms with van der Waals surface area (Å²) in [6.07, 6.45) is 9.28. The molecule has 3 aliphatic carbocycles. The maximum Gasteiger partial charge on any atom is -0.172 e. The third kappa shape index (κ3) is 8.28. The maximum atomic E-state index is 13.0. The Morgan fingerprint density at radius 3 is 1.68 bits per heavy atom. The van der Waals surface area contributed by atoms with Crippen LogP contribution < -0.4 is 24.8 Å². The summed E-state index contributed by atoms with van der Waals surface area (Å²) in [4.78, 5) is 0. The van der Waals surface area contributed by atoms with E-state index in [1.54, 1.807) is 12.1 Å². The average molecular weight is 783 g/mol. The molecule has 5 aromatic rings. The van der Waals surface area contributed by atoms with E-state index in [2.05, 4.69) is 84.4 Å². The molecule has 0 bridgehead atoms. The van der Waals surface area contributed by atoms with Gasteiger partial charge in [-0.15, -0.1) is 12.5 Å². The van der Waals surface area contributed by atoms with Gasteiger partial charge in [0.2, 0.25) is 0 Å². The van der Waals surface area contributed by atoms with Crippen molar-refractivity contribution in [3.8, 4) is 11.1 Å². The molecule has 0 radical (unpaired) electrons. The Balaban J connectivity index is 0.000000208. The Morgan fingerprint density at radius 1 is 0.660 bits per heavy atom. The third-order valence-corrected chi connectivity index (χ3v) is 11.3. The zero-order valence-electron chi connectivity index (χ0n) is 29.5. The number of hydrogen-bond donors (Lipinski definition) is 0. The minimum Gasteiger partial charge on any atom is -1.00 e. The molecule has 8 rings (SSSR count). The van der Waals surface area contributed by atoms with E-state index < -0.39 is 0 Å². The standard InChI is InChI=1S/C27H29.C13H8F2.C5H5.2ClH.Zr/c1-16-7-9-26(3,4)24-12-18-11-19-13-25-21(17(2)8-10-27(25,5)6)15-23(19)22(18)14-20(16)24;14-12-5-1-3-10(8-12)7-11-4-2-6-13(15)9-11;1-2-4-5-3-1;;;/h7-9,12-15H,10-11H2,1-6H3;1-6,8-9H;1-5H;2*1H;/q-1;;-1;;;+2/p-2. The van der Waals surface area contributed by atoms with Crippen molar-refractivity contribution in [1.29, 1.82) is 0 Å². The van der Waals surface area contributed by atoms with Gasteiger partial charge in [-0.05, 0) is 70.2 Å². The Bertz CT molecular complexity index is 1920. The van der Waals surface area contributed by atoms with E-state index >= 15 is 0 Å². The quantitative estimate of drug-likeness (QED) is 0.197. The van der Waals surface area contributed by atoms with Crippen LogP contribution in [0.1, 0.15) is 92.5 Å². The van der Waals surface area contributed by atoms with Gasteiger partial charge in [-0.2, -0.15) is 23.8 Å². The topological polar surface area (TPSA) is 0 Å². The van der Waals surface area contributed by atoms with Crippen molar-refractivity contribution in [3.05, 3.63) is 178 Å². The van der Waals surface area contributed by atoms with Gasteiger partial charge in [-0.3, -0.25) is 0 Å². The molecular weight excluding hydrogens is 741 g/mol. The van der Waals surface area contributed by atoms with Crippen LogP contribution in [0.15, 0.2) is 115 Å². The first-order valence-corrected chi connectivity index (χ1v) is 17.9. The Kier molecular flexibility index (Phi) is 12.6. The van der Waals surface area contributed by atoms with Crippen molar-refractivity contribution in [2.75, 3.05) is 0 Å². The molecule has 0 atom stereocenters. The van der Waals surface area contributed by atoms with Gasteiger partial charge in [0, 0.05) is 0 Å². The number of allylic oxidation sites excluding steroid dienone is 4.